The van der Waals surface area contributed by atoms with Crippen LogP contribution in [-0.4, -0.2) is 22.9 Å². The fraction of sp³-hybridized carbons (Fsp3) is 0.0370. The molecule has 0 unspecified atom stereocenters. The number of rotatable bonds is 5. The van der Waals surface area contributed by atoms with Gasteiger partial charge in [0.05, 0.1) is 24.1 Å². The predicted octanol–water partition coefficient (Wildman–Crippen LogP) is 5.92. The van der Waals surface area contributed by atoms with E-state index in [9.17, 15) is 4.79 Å². The number of nitrogens with zero attached hydrogens (tertiary/aromatic N) is 2. The monoisotopic (exact) mass is 420 g/mol. The smallest absolute Gasteiger partial charge is 0.344 e. The van der Waals surface area contributed by atoms with Gasteiger partial charge >= 0.3 is 5.97 Å². The lowest BCUT2D eigenvalue weighted by molar-refractivity contribution is 0.0723. The Hall–Kier alpha value is -4.38. The number of methoxy groups -OCH3 is 1. The van der Waals surface area contributed by atoms with Gasteiger partial charge in [-0.05, 0) is 47.2 Å². The highest BCUT2D eigenvalue weighted by Gasteiger charge is 2.17. The van der Waals surface area contributed by atoms with Crippen molar-refractivity contribution in [1.29, 1.82) is 0 Å². The van der Waals surface area contributed by atoms with Crippen molar-refractivity contribution in [2.24, 2.45) is 0 Å². The summed E-state index contributed by atoms with van der Waals surface area (Å²) in [5, 5.41) is 6.75. The fourth-order valence-corrected chi connectivity index (χ4v) is 3.57. The van der Waals surface area contributed by atoms with Crippen LogP contribution in [0.1, 0.15) is 10.4 Å². The first-order valence-corrected chi connectivity index (χ1v) is 10.2. The molecule has 4 aromatic carbocycles. The van der Waals surface area contributed by atoms with Crippen molar-refractivity contribution in [2.45, 2.75) is 0 Å². The van der Waals surface area contributed by atoms with E-state index >= 15 is 0 Å². The second-order valence-corrected chi connectivity index (χ2v) is 7.30. The molecule has 0 amide bonds. The minimum absolute atomic E-state index is 0.340. The van der Waals surface area contributed by atoms with Gasteiger partial charge in [-0.3, -0.25) is 0 Å². The number of ether oxygens (including phenoxy) is 2. The number of benzene rings is 4. The minimum Gasteiger partial charge on any atom is -0.497 e. The maximum Gasteiger partial charge on any atom is 0.344 e. The summed E-state index contributed by atoms with van der Waals surface area (Å²) in [6.07, 6.45) is 0. The van der Waals surface area contributed by atoms with E-state index in [1.54, 1.807) is 23.9 Å². The molecule has 156 valence electrons. The number of esters is 1. The fourth-order valence-electron chi connectivity index (χ4n) is 3.57. The third kappa shape index (κ3) is 3.84. The van der Waals surface area contributed by atoms with Gasteiger partial charge in [0.25, 0.3) is 0 Å². The van der Waals surface area contributed by atoms with Gasteiger partial charge < -0.3 is 9.47 Å². The molecule has 0 N–H and O–H groups in total. The van der Waals surface area contributed by atoms with Gasteiger partial charge in [0.2, 0.25) is 5.88 Å². The van der Waals surface area contributed by atoms with E-state index in [-0.39, 0.29) is 0 Å². The van der Waals surface area contributed by atoms with Crippen LogP contribution >= 0.6 is 0 Å². The summed E-state index contributed by atoms with van der Waals surface area (Å²) in [4.78, 5) is 13.0. The van der Waals surface area contributed by atoms with Crippen molar-refractivity contribution in [3.8, 4) is 28.6 Å². The molecule has 5 rings (SSSR count). The van der Waals surface area contributed by atoms with Crippen LogP contribution < -0.4 is 9.47 Å². The molecule has 1 aromatic heterocycles. The third-order valence-electron chi connectivity index (χ3n) is 5.25. The SMILES string of the molecule is COc1ccc(-n2nc(-c3ccccc3)cc2OC(=O)c2ccc3ccccc3c2)cc1. The summed E-state index contributed by atoms with van der Waals surface area (Å²) >= 11 is 0. The first kappa shape index (κ1) is 19.6. The van der Waals surface area contributed by atoms with Crippen molar-refractivity contribution in [2.75, 3.05) is 7.11 Å². The maximum absolute atomic E-state index is 13.0. The molecule has 0 aliphatic carbocycles. The van der Waals surface area contributed by atoms with Gasteiger partial charge in [0.15, 0.2) is 0 Å². The molecule has 0 radical (unpaired) electrons. The Morgan fingerprint density at radius 2 is 1.50 bits per heavy atom. The van der Waals surface area contributed by atoms with E-state index in [0.29, 0.717) is 17.1 Å². The van der Waals surface area contributed by atoms with Crippen molar-refractivity contribution >= 4 is 16.7 Å². The summed E-state index contributed by atoms with van der Waals surface area (Å²) in [7, 11) is 1.62. The van der Waals surface area contributed by atoms with Crippen molar-refractivity contribution in [1.82, 2.24) is 9.78 Å². The Labute approximate surface area is 185 Å². The number of carbonyl (C=O) groups excluding carboxylic acids is 1. The second kappa shape index (κ2) is 8.40. The molecule has 0 spiro atoms. The molecular formula is C27H20N2O3. The van der Waals surface area contributed by atoms with Crippen LogP contribution in [0.3, 0.4) is 0 Å². The molecule has 0 saturated carbocycles. The number of hydrogen-bond acceptors (Lipinski definition) is 4. The lowest BCUT2D eigenvalue weighted by atomic mass is 10.1. The average molecular weight is 420 g/mol. The highest BCUT2D eigenvalue weighted by molar-refractivity contribution is 5.96. The highest BCUT2D eigenvalue weighted by Crippen LogP contribution is 2.28. The number of fused-ring (bicyclic) bond motifs is 1. The van der Waals surface area contributed by atoms with E-state index in [0.717, 1.165) is 27.8 Å². The largest absolute Gasteiger partial charge is 0.497 e. The Balaban J connectivity index is 1.53. The lowest BCUT2D eigenvalue weighted by Crippen LogP contribution is -2.11. The topological polar surface area (TPSA) is 53.4 Å². The van der Waals surface area contributed by atoms with Gasteiger partial charge in [-0.2, -0.15) is 9.78 Å². The molecule has 32 heavy (non-hydrogen) atoms. The first-order chi connectivity index (χ1) is 15.7. The number of carbonyl (C=O) groups is 1. The zero-order valence-electron chi connectivity index (χ0n) is 17.4. The lowest BCUT2D eigenvalue weighted by Gasteiger charge is -2.09. The van der Waals surface area contributed by atoms with E-state index < -0.39 is 5.97 Å². The normalized spacial score (nSPS) is 10.8. The third-order valence-corrected chi connectivity index (χ3v) is 5.25. The summed E-state index contributed by atoms with van der Waals surface area (Å²) < 4.78 is 12.7. The molecule has 1 heterocycles. The maximum atomic E-state index is 13.0. The van der Waals surface area contributed by atoms with Crippen LogP contribution in [0.15, 0.2) is 103 Å². The summed E-state index contributed by atoms with van der Waals surface area (Å²) in [5.74, 6) is 0.635. The zero-order chi connectivity index (χ0) is 21.9. The Morgan fingerprint density at radius 3 is 2.25 bits per heavy atom. The van der Waals surface area contributed by atoms with Gasteiger partial charge in [-0.15, -0.1) is 0 Å². The van der Waals surface area contributed by atoms with E-state index in [1.807, 2.05) is 91.0 Å². The predicted molar refractivity (Wildman–Crippen MR) is 124 cm³/mol. The van der Waals surface area contributed by atoms with E-state index in [2.05, 4.69) is 0 Å². The molecule has 0 aliphatic heterocycles. The molecule has 0 atom stereocenters. The van der Waals surface area contributed by atoms with Gasteiger partial charge in [0, 0.05) is 11.6 Å². The molecular weight excluding hydrogens is 400 g/mol. The molecule has 0 fully saturated rings. The van der Waals surface area contributed by atoms with Gasteiger partial charge in [-0.25, -0.2) is 4.79 Å². The molecule has 5 heteroatoms. The van der Waals surface area contributed by atoms with Gasteiger partial charge in [-0.1, -0.05) is 60.7 Å². The minimum atomic E-state index is -0.440. The van der Waals surface area contributed by atoms with Crippen LogP contribution in [0.4, 0.5) is 0 Å². The second-order valence-electron chi connectivity index (χ2n) is 7.30. The van der Waals surface area contributed by atoms with Crippen LogP contribution in [0.5, 0.6) is 11.6 Å². The van der Waals surface area contributed by atoms with Gasteiger partial charge in [0.1, 0.15) is 5.75 Å². The number of aromatic nitrogens is 2. The molecule has 0 aliphatic rings. The summed E-state index contributed by atoms with van der Waals surface area (Å²) in [6.45, 7) is 0. The Kier molecular flexibility index (Phi) is 5.14. The van der Waals surface area contributed by atoms with Crippen molar-refractivity contribution in [3.05, 3.63) is 109 Å². The molecule has 5 aromatic rings. The van der Waals surface area contributed by atoms with Crippen LogP contribution in [-0.2, 0) is 0 Å². The Morgan fingerprint density at radius 1 is 0.781 bits per heavy atom. The van der Waals surface area contributed by atoms with Crippen LogP contribution in [0, 0.1) is 0 Å². The standard InChI is InChI=1S/C27H20N2O3/c1-31-24-15-13-23(14-16-24)29-26(18-25(28-29)20-8-3-2-4-9-20)32-27(30)22-12-11-19-7-5-6-10-21(19)17-22/h2-18H,1H3. The highest BCUT2D eigenvalue weighted by atomic mass is 16.5. The zero-order valence-corrected chi connectivity index (χ0v) is 17.4. The molecule has 0 saturated heterocycles. The Bertz CT molecular complexity index is 1390. The van der Waals surface area contributed by atoms with Crippen LogP contribution in [0.25, 0.3) is 27.7 Å². The van der Waals surface area contributed by atoms with Crippen molar-refractivity contribution in [3.63, 3.8) is 0 Å². The molecule has 5 nitrogen and oxygen atoms in total. The van der Waals surface area contributed by atoms with E-state index in [1.165, 1.54) is 0 Å². The van der Waals surface area contributed by atoms with Crippen LogP contribution in [0.2, 0.25) is 0 Å². The average Bonchev–Trinajstić information content (AvgIpc) is 3.28. The summed E-state index contributed by atoms with van der Waals surface area (Å²) in [5.41, 5.74) is 2.88. The van der Waals surface area contributed by atoms with E-state index in [4.69, 9.17) is 14.6 Å². The first-order valence-electron chi connectivity index (χ1n) is 10.2. The molecule has 0 bridgehead atoms. The quantitative estimate of drug-likeness (QED) is 0.331. The number of hydrogen-bond donors (Lipinski definition) is 0. The summed E-state index contributed by atoms with van der Waals surface area (Å²) in [6, 6.07) is 32.4. The van der Waals surface area contributed by atoms with Crippen molar-refractivity contribution < 1.29 is 14.3 Å².